The number of hydrogen-bond acceptors (Lipinski definition) is 3. The highest BCUT2D eigenvalue weighted by atomic mass is 19.1. The summed E-state index contributed by atoms with van der Waals surface area (Å²) in [6, 6.07) is 16.0. The van der Waals surface area contributed by atoms with Crippen molar-refractivity contribution in [1.29, 1.82) is 0 Å². The first kappa shape index (κ1) is 21.7. The number of carbonyl (C=O) groups is 2. The molecule has 2 aromatic carbocycles. The van der Waals surface area contributed by atoms with Gasteiger partial charge < -0.3 is 9.80 Å². The number of benzene rings is 2. The van der Waals surface area contributed by atoms with E-state index in [-0.39, 0.29) is 23.5 Å². The maximum Gasteiger partial charge on any atom is 0.272 e. The van der Waals surface area contributed by atoms with Crippen molar-refractivity contribution in [2.24, 2.45) is 13.0 Å². The van der Waals surface area contributed by atoms with E-state index in [0.717, 1.165) is 11.1 Å². The average molecular weight is 435 g/mol. The van der Waals surface area contributed by atoms with E-state index in [2.05, 4.69) is 5.10 Å². The molecule has 3 aromatic rings. The van der Waals surface area contributed by atoms with Gasteiger partial charge in [-0.15, -0.1) is 0 Å². The van der Waals surface area contributed by atoms with Gasteiger partial charge in [0.1, 0.15) is 11.5 Å². The second kappa shape index (κ2) is 9.34. The first-order valence-corrected chi connectivity index (χ1v) is 10.9. The summed E-state index contributed by atoms with van der Waals surface area (Å²) in [6.07, 6.45) is 2.12. The van der Waals surface area contributed by atoms with Gasteiger partial charge in [0.15, 0.2) is 0 Å². The van der Waals surface area contributed by atoms with Gasteiger partial charge in [-0.3, -0.25) is 14.3 Å². The standard InChI is InChI=1S/C25H27FN4O2/c1-3-29-14-15-30(25(32)23-12-13-27-28(23)2)17-20(24(29)31)16-18-8-10-19(11-9-18)21-6-4-5-7-22(21)26/h4-13,20H,3,14-17H2,1-2H3/t20-/m1/s1. The van der Waals surface area contributed by atoms with Crippen molar-refractivity contribution >= 4 is 11.8 Å². The van der Waals surface area contributed by atoms with Gasteiger partial charge >= 0.3 is 0 Å². The summed E-state index contributed by atoms with van der Waals surface area (Å²) in [7, 11) is 1.74. The van der Waals surface area contributed by atoms with E-state index < -0.39 is 0 Å². The number of aromatic nitrogens is 2. The van der Waals surface area contributed by atoms with Crippen LogP contribution in [0.1, 0.15) is 23.0 Å². The summed E-state index contributed by atoms with van der Waals surface area (Å²) in [4.78, 5) is 29.8. The van der Waals surface area contributed by atoms with Crippen LogP contribution in [0.15, 0.2) is 60.8 Å². The van der Waals surface area contributed by atoms with Gasteiger partial charge in [-0.1, -0.05) is 42.5 Å². The predicted octanol–water partition coefficient (Wildman–Crippen LogP) is 3.39. The van der Waals surface area contributed by atoms with Gasteiger partial charge in [0.25, 0.3) is 5.91 Å². The lowest BCUT2D eigenvalue weighted by molar-refractivity contribution is -0.134. The van der Waals surface area contributed by atoms with Crippen LogP contribution in [0.2, 0.25) is 0 Å². The Kier molecular flexibility index (Phi) is 6.35. The summed E-state index contributed by atoms with van der Waals surface area (Å²) >= 11 is 0. The molecule has 2 amide bonds. The number of aryl methyl sites for hydroxylation is 1. The molecule has 0 aliphatic carbocycles. The van der Waals surface area contributed by atoms with E-state index in [4.69, 9.17) is 0 Å². The van der Waals surface area contributed by atoms with Crippen LogP contribution >= 0.6 is 0 Å². The van der Waals surface area contributed by atoms with Gasteiger partial charge in [0.2, 0.25) is 5.91 Å². The third-order valence-electron chi connectivity index (χ3n) is 6.07. The minimum absolute atomic E-state index is 0.0611. The highest BCUT2D eigenvalue weighted by Crippen LogP contribution is 2.24. The van der Waals surface area contributed by atoms with Crippen LogP contribution in [0, 0.1) is 11.7 Å². The first-order chi connectivity index (χ1) is 15.5. The summed E-state index contributed by atoms with van der Waals surface area (Å²) in [5.74, 6) is -0.655. The zero-order valence-corrected chi connectivity index (χ0v) is 18.4. The summed E-state index contributed by atoms with van der Waals surface area (Å²) in [5.41, 5.74) is 2.83. The van der Waals surface area contributed by atoms with E-state index >= 15 is 0 Å². The fraction of sp³-hybridized carbons (Fsp3) is 0.320. The van der Waals surface area contributed by atoms with Crippen LogP contribution in [0.5, 0.6) is 0 Å². The van der Waals surface area contributed by atoms with Crippen LogP contribution in [0.25, 0.3) is 11.1 Å². The van der Waals surface area contributed by atoms with E-state index in [0.29, 0.717) is 43.9 Å². The van der Waals surface area contributed by atoms with E-state index in [1.807, 2.05) is 42.2 Å². The molecule has 7 heteroatoms. The van der Waals surface area contributed by atoms with Crippen molar-refractivity contribution in [2.45, 2.75) is 13.3 Å². The molecule has 0 unspecified atom stereocenters. The topological polar surface area (TPSA) is 58.4 Å². The van der Waals surface area contributed by atoms with Crippen molar-refractivity contribution < 1.29 is 14.0 Å². The Morgan fingerprint density at radius 1 is 1.09 bits per heavy atom. The highest BCUT2D eigenvalue weighted by Gasteiger charge is 2.32. The molecule has 1 aromatic heterocycles. The van der Waals surface area contributed by atoms with Crippen LogP contribution in [0.4, 0.5) is 4.39 Å². The fourth-order valence-electron chi connectivity index (χ4n) is 4.24. The fourth-order valence-corrected chi connectivity index (χ4v) is 4.24. The summed E-state index contributed by atoms with van der Waals surface area (Å²) < 4.78 is 15.7. The number of amides is 2. The molecule has 0 saturated carbocycles. The monoisotopic (exact) mass is 434 g/mol. The Morgan fingerprint density at radius 2 is 1.84 bits per heavy atom. The van der Waals surface area contributed by atoms with Crippen LogP contribution in [0.3, 0.4) is 0 Å². The second-order valence-corrected chi connectivity index (χ2v) is 8.09. The lowest BCUT2D eigenvalue weighted by atomic mass is 9.95. The molecule has 6 nitrogen and oxygen atoms in total. The van der Waals surface area contributed by atoms with Gasteiger partial charge in [0, 0.05) is 45.0 Å². The van der Waals surface area contributed by atoms with Crippen LogP contribution in [-0.2, 0) is 18.3 Å². The minimum atomic E-state index is -0.339. The Balaban J connectivity index is 1.54. The third-order valence-corrected chi connectivity index (χ3v) is 6.07. The molecular weight excluding hydrogens is 407 g/mol. The molecule has 1 fully saturated rings. The molecule has 4 rings (SSSR count). The van der Waals surface area contributed by atoms with E-state index in [1.54, 1.807) is 41.0 Å². The van der Waals surface area contributed by atoms with Crippen LogP contribution < -0.4 is 0 Å². The molecule has 166 valence electrons. The maximum atomic E-state index is 14.1. The molecule has 1 aliphatic heterocycles. The zero-order chi connectivity index (χ0) is 22.7. The van der Waals surface area contributed by atoms with Gasteiger partial charge in [-0.2, -0.15) is 5.10 Å². The normalized spacial score (nSPS) is 16.8. The Hall–Kier alpha value is -3.48. The molecular formula is C25H27FN4O2. The molecule has 1 aliphatic rings. The van der Waals surface area contributed by atoms with Crippen molar-refractivity contribution in [3.63, 3.8) is 0 Å². The smallest absolute Gasteiger partial charge is 0.272 e. The molecule has 1 atom stereocenters. The number of nitrogens with zero attached hydrogens (tertiary/aromatic N) is 4. The zero-order valence-electron chi connectivity index (χ0n) is 18.4. The lowest BCUT2D eigenvalue weighted by Gasteiger charge is -2.23. The summed E-state index contributed by atoms with van der Waals surface area (Å²) in [6.45, 7) is 3.93. The molecule has 0 bridgehead atoms. The van der Waals surface area contributed by atoms with E-state index in [9.17, 15) is 14.0 Å². The predicted molar refractivity (Wildman–Crippen MR) is 120 cm³/mol. The third kappa shape index (κ3) is 4.42. The maximum absolute atomic E-state index is 14.1. The van der Waals surface area contributed by atoms with E-state index in [1.165, 1.54) is 6.07 Å². The van der Waals surface area contributed by atoms with Crippen LogP contribution in [-0.4, -0.2) is 57.6 Å². The van der Waals surface area contributed by atoms with Crippen molar-refractivity contribution in [1.82, 2.24) is 19.6 Å². The average Bonchev–Trinajstić information content (AvgIpc) is 3.17. The van der Waals surface area contributed by atoms with Gasteiger partial charge in [-0.25, -0.2) is 4.39 Å². The lowest BCUT2D eigenvalue weighted by Crippen LogP contribution is -2.38. The number of likely N-dealkylation sites (N-methyl/N-ethyl adjacent to an activating group) is 1. The number of rotatable bonds is 5. The molecule has 0 N–H and O–H groups in total. The van der Waals surface area contributed by atoms with Crippen molar-refractivity contribution in [2.75, 3.05) is 26.2 Å². The molecule has 2 heterocycles. The SMILES string of the molecule is CCN1CCN(C(=O)c2ccnn2C)C[C@@H](Cc2ccc(-c3ccccc3F)cc2)C1=O. The quantitative estimate of drug-likeness (QED) is 0.619. The molecule has 1 saturated heterocycles. The number of halogens is 1. The Bertz CT molecular complexity index is 1110. The Morgan fingerprint density at radius 3 is 2.50 bits per heavy atom. The number of carbonyl (C=O) groups excluding carboxylic acids is 2. The van der Waals surface area contributed by atoms with Crippen molar-refractivity contribution in [3.8, 4) is 11.1 Å². The number of hydrogen-bond donors (Lipinski definition) is 0. The Labute approximate surface area is 187 Å². The minimum Gasteiger partial charge on any atom is -0.341 e. The second-order valence-electron chi connectivity index (χ2n) is 8.09. The van der Waals surface area contributed by atoms with Gasteiger partial charge in [0.05, 0.1) is 5.92 Å². The largest absolute Gasteiger partial charge is 0.341 e. The first-order valence-electron chi connectivity index (χ1n) is 10.9. The molecule has 32 heavy (non-hydrogen) atoms. The summed E-state index contributed by atoms with van der Waals surface area (Å²) in [5, 5.41) is 4.09. The van der Waals surface area contributed by atoms with Crippen molar-refractivity contribution in [3.05, 3.63) is 77.9 Å². The molecule has 0 spiro atoms. The highest BCUT2D eigenvalue weighted by molar-refractivity contribution is 5.93. The van der Waals surface area contributed by atoms with Gasteiger partial charge in [-0.05, 0) is 36.6 Å². The molecule has 0 radical (unpaired) electrons.